The molecule has 0 aromatic heterocycles. The molecule has 0 radical (unpaired) electrons. The summed E-state index contributed by atoms with van der Waals surface area (Å²) in [5, 5.41) is 16.6. The summed E-state index contributed by atoms with van der Waals surface area (Å²) in [7, 11) is 0. The van der Waals surface area contributed by atoms with Crippen molar-refractivity contribution in [2.24, 2.45) is 28.8 Å². The first kappa shape index (κ1) is 14.9. The van der Waals surface area contributed by atoms with E-state index in [2.05, 4.69) is 10.5 Å². The lowest BCUT2D eigenvalue weighted by atomic mass is 9.55. The molecule has 1 amide bonds. The standard InChI is InChI=1S/C21H22N2O2/c24-20-17-4-2-1-3-14(17)5-6-18(20)21(25)23-22-19-15-8-12-7-13(10-15)11-16(19)9-12/h1-6,12-13,15-16,24H,7-11H2,(H,23,25). The normalized spacial score (nSPS) is 29.8. The molecule has 0 saturated heterocycles. The number of nitrogens with zero attached hydrogens (tertiary/aromatic N) is 1. The number of hydrogen-bond donors (Lipinski definition) is 2. The monoisotopic (exact) mass is 334 g/mol. The number of hydrogen-bond acceptors (Lipinski definition) is 3. The average molecular weight is 334 g/mol. The lowest BCUT2D eigenvalue weighted by Gasteiger charge is -2.50. The average Bonchev–Trinajstić information content (AvgIpc) is 2.61. The molecule has 0 atom stereocenters. The number of phenolic OH excluding ortho intramolecular Hbond substituents is 1. The van der Waals surface area contributed by atoms with Crippen LogP contribution in [-0.2, 0) is 0 Å². The van der Waals surface area contributed by atoms with Gasteiger partial charge in [-0.05, 0) is 67.2 Å². The number of aromatic hydroxyl groups is 1. The van der Waals surface area contributed by atoms with E-state index in [0.29, 0.717) is 17.2 Å². The molecule has 2 aromatic rings. The third-order valence-corrected chi connectivity index (χ3v) is 6.41. The molecule has 6 rings (SSSR count). The lowest BCUT2D eigenvalue weighted by molar-refractivity contribution is 0.0940. The van der Waals surface area contributed by atoms with Gasteiger partial charge in [0.15, 0.2) is 0 Å². The Bertz CT molecular complexity index is 857. The minimum absolute atomic E-state index is 0.0286. The minimum atomic E-state index is -0.329. The minimum Gasteiger partial charge on any atom is -0.506 e. The Hall–Kier alpha value is -2.36. The fourth-order valence-corrected chi connectivity index (χ4v) is 5.46. The zero-order valence-corrected chi connectivity index (χ0v) is 14.1. The number of carbonyl (C=O) groups is 1. The summed E-state index contributed by atoms with van der Waals surface area (Å²) in [6.45, 7) is 0. The number of benzene rings is 2. The van der Waals surface area contributed by atoms with Crippen LogP contribution < -0.4 is 5.43 Å². The molecule has 4 heteroatoms. The number of fused-ring (bicyclic) bond motifs is 1. The van der Waals surface area contributed by atoms with E-state index in [9.17, 15) is 9.90 Å². The molecule has 25 heavy (non-hydrogen) atoms. The molecule has 0 aliphatic heterocycles. The molecule has 128 valence electrons. The fraction of sp³-hybridized carbons (Fsp3) is 0.429. The second kappa shape index (κ2) is 5.58. The molecular weight excluding hydrogens is 312 g/mol. The van der Waals surface area contributed by atoms with Crippen LogP contribution in [0.4, 0.5) is 0 Å². The number of hydrazone groups is 1. The van der Waals surface area contributed by atoms with Crippen molar-refractivity contribution in [3.63, 3.8) is 0 Å². The maximum Gasteiger partial charge on any atom is 0.275 e. The van der Waals surface area contributed by atoms with Gasteiger partial charge in [-0.1, -0.05) is 30.3 Å². The summed E-state index contributed by atoms with van der Waals surface area (Å²) < 4.78 is 0. The highest BCUT2D eigenvalue weighted by Crippen LogP contribution is 2.52. The van der Waals surface area contributed by atoms with Gasteiger partial charge in [-0.2, -0.15) is 5.10 Å². The van der Waals surface area contributed by atoms with Crippen LogP contribution >= 0.6 is 0 Å². The molecule has 4 aliphatic rings. The van der Waals surface area contributed by atoms with Gasteiger partial charge in [0.25, 0.3) is 5.91 Å². The van der Waals surface area contributed by atoms with Crippen LogP contribution in [0.1, 0.15) is 42.5 Å². The molecular formula is C21H22N2O2. The van der Waals surface area contributed by atoms with E-state index >= 15 is 0 Å². The van der Waals surface area contributed by atoms with Crippen molar-refractivity contribution in [2.45, 2.75) is 32.1 Å². The predicted molar refractivity (Wildman–Crippen MR) is 97.6 cm³/mol. The summed E-state index contributed by atoms with van der Waals surface area (Å²) in [6, 6.07) is 11.1. The Morgan fingerprint density at radius 3 is 2.36 bits per heavy atom. The van der Waals surface area contributed by atoms with Crippen LogP contribution in [0, 0.1) is 23.7 Å². The Morgan fingerprint density at radius 1 is 0.960 bits per heavy atom. The van der Waals surface area contributed by atoms with Gasteiger partial charge in [-0.15, -0.1) is 0 Å². The van der Waals surface area contributed by atoms with Crippen LogP contribution in [-0.4, -0.2) is 16.7 Å². The zero-order chi connectivity index (χ0) is 17.0. The van der Waals surface area contributed by atoms with Gasteiger partial charge in [-0.25, -0.2) is 5.43 Å². The molecule has 2 aromatic carbocycles. The molecule has 4 bridgehead atoms. The maximum absolute atomic E-state index is 12.6. The van der Waals surface area contributed by atoms with Gasteiger partial charge in [0, 0.05) is 11.1 Å². The number of carbonyl (C=O) groups excluding carboxylic acids is 1. The Labute approximate surface area is 146 Å². The summed E-state index contributed by atoms with van der Waals surface area (Å²) >= 11 is 0. The first-order chi connectivity index (χ1) is 12.2. The first-order valence-electron chi connectivity index (χ1n) is 9.27. The van der Waals surface area contributed by atoms with Crippen molar-refractivity contribution in [2.75, 3.05) is 0 Å². The molecule has 4 aliphatic carbocycles. The van der Waals surface area contributed by atoms with Crippen LogP contribution in [0.15, 0.2) is 41.5 Å². The third-order valence-electron chi connectivity index (χ3n) is 6.41. The van der Waals surface area contributed by atoms with E-state index in [4.69, 9.17) is 0 Å². The molecule has 0 unspecified atom stereocenters. The van der Waals surface area contributed by atoms with E-state index in [1.807, 2.05) is 30.3 Å². The molecule has 4 saturated carbocycles. The summed E-state index contributed by atoms with van der Waals surface area (Å²) in [6.07, 6.45) is 6.36. The lowest BCUT2D eigenvalue weighted by Crippen LogP contribution is -2.46. The number of phenols is 1. The van der Waals surface area contributed by atoms with E-state index in [0.717, 1.165) is 17.2 Å². The number of amides is 1. The molecule has 0 heterocycles. The highest BCUT2D eigenvalue weighted by atomic mass is 16.3. The van der Waals surface area contributed by atoms with E-state index in [-0.39, 0.29) is 17.2 Å². The Morgan fingerprint density at radius 2 is 1.64 bits per heavy atom. The summed E-state index contributed by atoms with van der Waals surface area (Å²) in [5.74, 6) is 2.57. The largest absolute Gasteiger partial charge is 0.506 e. The smallest absolute Gasteiger partial charge is 0.275 e. The van der Waals surface area contributed by atoms with Crippen LogP contribution in [0.3, 0.4) is 0 Å². The summed E-state index contributed by atoms with van der Waals surface area (Å²) in [4.78, 5) is 12.6. The Balaban J connectivity index is 1.40. The Kier molecular flexibility index (Phi) is 3.34. The van der Waals surface area contributed by atoms with E-state index in [1.165, 1.54) is 37.8 Å². The quantitative estimate of drug-likeness (QED) is 0.813. The number of nitrogens with one attached hydrogen (secondary N) is 1. The SMILES string of the molecule is O=C(NN=C1C2CC3CC(C2)CC1C3)c1ccc2ccccc2c1O. The van der Waals surface area contributed by atoms with Gasteiger partial charge in [0.05, 0.1) is 5.56 Å². The van der Waals surface area contributed by atoms with Gasteiger partial charge in [0.2, 0.25) is 0 Å². The zero-order valence-electron chi connectivity index (χ0n) is 14.1. The topological polar surface area (TPSA) is 61.7 Å². The van der Waals surface area contributed by atoms with Gasteiger partial charge >= 0.3 is 0 Å². The molecule has 2 N–H and O–H groups in total. The summed E-state index contributed by atoms with van der Waals surface area (Å²) in [5.41, 5.74) is 4.20. The van der Waals surface area contributed by atoms with Gasteiger partial charge in [0.1, 0.15) is 5.75 Å². The van der Waals surface area contributed by atoms with Crippen molar-refractivity contribution < 1.29 is 9.90 Å². The van der Waals surface area contributed by atoms with Crippen molar-refractivity contribution in [3.8, 4) is 5.75 Å². The first-order valence-corrected chi connectivity index (χ1v) is 9.27. The maximum atomic E-state index is 12.6. The van der Waals surface area contributed by atoms with Crippen LogP contribution in [0.5, 0.6) is 5.75 Å². The molecule has 4 nitrogen and oxygen atoms in total. The second-order valence-corrected chi connectivity index (χ2v) is 7.96. The molecule has 0 spiro atoms. The number of rotatable bonds is 2. The van der Waals surface area contributed by atoms with Crippen molar-refractivity contribution >= 4 is 22.4 Å². The van der Waals surface area contributed by atoms with Crippen molar-refractivity contribution in [1.29, 1.82) is 0 Å². The van der Waals surface area contributed by atoms with E-state index in [1.54, 1.807) is 6.07 Å². The fourth-order valence-electron chi connectivity index (χ4n) is 5.46. The van der Waals surface area contributed by atoms with Crippen LogP contribution in [0.25, 0.3) is 10.8 Å². The van der Waals surface area contributed by atoms with Crippen LogP contribution in [0.2, 0.25) is 0 Å². The predicted octanol–water partition coefficient (Wildman–Crippen LogP) is 4.09. The van der Waals surface area contributed by atoms with Gasteiger partial charge in [-0.3, -0.25) is 4.79 Å². The highest BCUT2D eigenvalue weighted by Gasteiger charge is 2.46. The second-order valence-electron chi connectivity index (χ2n) is 7.96. The van der Waals surface area contributed by atoms with Crippen molar-refractivity contribution in [1.82, 2.24) is 5.43 Å². The highest BCUT2D eigenvalue weighted by molar-refractivity contribution is 6.04. The molecule has 4 fully saturated rings. The van der Waals surface area contributed by atoms with E-state index < -0.39 is 0 Å². The third kappa shape index (κ3) is 2.43. The van der Waals surface area contributed by atoms with Gasteiger partial charge < -0.3 is 5.11 Å². The van der Waals surface area contributed by atoms with Crippen molar-refractivity contribution in [3.05, 3.63) is 42.0 Å².